The van der Waals surface area contributed by atoms with E-state index in [0.717, 1.165) is 66.9 Å². The lowest BCUT2D eigenvalue weighted by atomic mass is 9.87. The van der Waals surface area contributed by atoms with Crippen LogP contribution in [-0.2, 0) is 75.8 Å². The largest absolute Gasteiger partial charge is 0.374 e. The zero-order chi connectivity index (χ0) is 131. The van der Waals surface area contributed by atoms with Crippen LogP contribution in [-0.4, -0.2) is 199 Å². The summed E-state index contributed by atoms with van der Waals surface area (Å²) in [5, 5.41) is 0. The molecule has 0 saturated carbocycles. The van der Waals surface area contributed by atoms with Gasteiger partial charge in [-0.3, -0.25) is 0 Å². The number of methoxy groups -OCH3 is 8. The van der Waals surface area contributed by atoms with Crippen LogP contribution in [0.5, 0.6) is 0 Å². The Labute approximate surface area is 804 Å². The van der Waals surface area contributed by atoms with Gasteiger partial charge in [0, 0.05) is 126 Å². The second-order valence-electron chi connectivity index (χ2n) is 37.4. The molecule has 0 heterocycles. The summed E-state index contributed by atoms with van der Waals surface area (Å²) < 4.78 is 377. The maximum atomic E-state index is 7.60. The van der Waals surface area contributed by atoms with Crippen molar-refractivity contribution >= 4 is 0 Å². The zero-order valence-corrected chi connectivity index (χ0v) is 85.2. The fourth-order valence-electron chi connectivity index (χ4n) is 10.3. The Morgan fingerprint density at radius 2 is 0.375 bits per heavy atom. The molecule has 0 aromatic heterocycles. The Bertz CT molecular complexity index is 4610. The van der Waals surface area contributed by atoms with Crippen molar-refractivity contribution < 1.29 is 131 Å². The maximum Gasteiger partial charge on any atom is 0.0836 e. The van der Waals surface area contributed by atoms with E-state index in [1.54, 1.807) is 222 Å². The molecule has 0 aromatic rings. The highest BCUT2D eigenvalue weighted by atomic mass is 16.5. The summed E-state index contributed by atoms with van der Waals surface area (Å²) >= 11 is 0. The van der Waals surface area contributed by atoms with Crippen LogP contribution >= 0.6 is 0 Å². The second-order valence-corrected chi connectivity index (χ2v) is 37.4. The first-order valence-corrected chi connectivity index (χ1v) is 40.4. The molecule has 0 aliphatic carbocycles. The predicted octanol–water partition coefficient (Wildman–Crippen LogP) is 28.5. The smallest absolute Gasteiger partial charge is 0.0836 e. The quantitative estimate of drug-likeness (QED) is 0.0535. The summed E-state index contributed by atoms with van der Waals surface area (Å²) in [5.41, 5.74) is -0.888. The van der Waals surface area contributed by atoms with Crippen LogP contribution in [0.15, 0.2) is 89.2 Å². The van der Waals surface area contributed by atoms with Gasteiger partial charge in [-0.25, -0.2) is 0 Å². The van der Waals surface area contributed by atoms with E-state index in [1.807, 2.05) is 118 Å². The Balaban J connectivity index is -0.000000275. The van der Waals surface area contributed by atoms with Gasteiger partial charge in [0.1, 0.15) is 0 Å². The van der Waals surface area contributed by atoms with Crippen molar-refractivity contribution in [1.82, 2.24) is 0 Å². The van der Waals surface area contributed by atoms with E-state index in [-0.39, 0.29) is 20.1 Å². The van der Waals surface area contributed by atoms with Crippen LogP contribution in [0, 0.1) is 0 Å². The first-order chi connectivity index (χ1) is 69.3. The number of hydrogen-bond acceptors (Lipinski definition) is 16. The van der Waals surface area contributed by atoms with Crippen molar-refractivity contribution in [2.75, 3.05) is 109 Å². The van der Waals surface area contributed by atoms with Gasteiger partial charge in [0.15, 0.2) is 0 Å². The molecular formula is C104H208O16. The first kappa shape index (κ1) is 71.2. The van der Waals surface area contributed by atoms with Gasteiger partial charge in [-0.15, -0.1) is 0 Å². The molecule has 0 atom stereocenters. The molecule has 0 radical (unpaired) electrons. The molecule has 0 spiro atoms. The SMILES string of the molecule is [2H]C([2H])([2H])COC(C)(C)/C(C)=C(/C)C(C)(C)OC([2H])([2H])[2H].[2H]C([2H])([2H])OC(C)(C)/C(C)=C(/C)C(C)(C)OCC.[2H]C([2H])COC(C)(C)/C(C)=C(/C)C(C)(C)OC([2H])([2H])[2H].[2H]C([2H])OC(C)(C)/C(C)=C(/C)C(C)(C)OC([2H])([2H])C.[2H]C([2H])OC(C)(C)/C(C)=C(/C)C(C)(C)OC([2H])([2H])C([2H])([2H])[2H].[2H]C([2H])OC(C)(C)/C(C)=C(/C)C(C)(C)OC([2H])([2H])C([2H])[2H].[2H]CC([2H])([2H])OC(C)(C)/C(C)=C(/C)C(C)(C)OC([2H])[2H].[2H]CCOC(C)(C)/C(C)=C(/C)C(C)(C)OC([2H])([2H])[2H]. The zero-order valence-electron chi connectivity index (χ0n) is 125. The number of hydrogen-bond donors (Lipinski definition) is 0. The van der Waals surface area contributed by atoms with Gasteiger partial charge in [-0.1, -0.05) is 0 Å². The minimum atomic E-state index is -2.90. The van der Waals surface area contributed by atoms with Crippen molar-refractivity contribution in [2.24, 2.45) is 0 Å². The monoisotopic (exact) mass is 1750 g/mol. The van der Waals surface area contributed by atoms with Crippen molar-refractivity contribution in [3.05, 3.63) is 89.2 Å². The van der Waals surface area contributed by atoms with Crippen molar-refractivity contribution in [1.29, 1.82) is 0 Å². The molecule has 720 valence electrons. The van der Waals surface area contributed by atoms with E-state index in [2.05, 4.69) is 0 Å². The lowest BCUT2D eigenvalue weighted by molar-refractivity contribution is 0.0109. The normalized spacial score (nSPS) is 21.3. The number of ether oxygens (including phenoxy) is 16. The summed E-state index contributed by atoms with van der Waals surface area (Å²) in [6, 6.07) is 0. The number of rotatable bonds is 40. The average molecular weight is 1760 g/mol. The van der Waals surface area contributed by atoms with Crippen LogP contribution in [0.4, 0.5) is 0 Å². The highest BCUT2D eigenvalue weighted by Gasteiger charge is 2.36. The van der Waals surface area contributed by atoms with Crippen LogP contribution in [0.3, 0.4) is 0 Å². The van der Waals surface area contributed by atoms with E-state index in [1.165, 1.54) is 6.92 Å². The Morgan fingerprint density at radius 1 is 0.183 bits per heavy atom. The van der Waals surface area contributed by atoms with Gasteiger partial charge in [0.25, 0.3) is 0 Å². The topological polar surface area (TPSA) is 148 Å². The fraction of sp³-hybridized carbons (Fsp3) is 0.846. The molecule has 16 heteroatoms. The fourth-order valence-corrected chi connectivity index (χ4v) is 10.3. The molecule has 0 saturated heterocycles. The van der Waals surface area contributed by atoms with Crippen LogP contribution < -0.4 is 0 Å². The second kappa shape index (κ2) is 56.6. The summed E-state index contributed by atoms with van der Waals surface area (Å²) in [6.07, 6.45) is 0. The van der Waals surface area contributed by atoms with Crippen molar-refractivity contribution in [3.8, 4) is 0 Å². The van der Waals surface area contributed by atoms with Crippen molar-refractivity contribution in [3.63, 3.8) is 0 Å². The molecule has 0 aliphatic rings. The third-order valence-corrected chi connectivity index (χ3v) is 24.3. The van der Waals surface area contributed by atoms with E-state index in [4.69, 9.17) is 131 Å². The minimum absolute atomic E-state index is 0.00181. The van der Waals surface area contributed by atoms with E-state index in [0.29, 0.717) is 35.5 Å². The molecular weight excluding hydrogens is 1510 g/mol. The van der Waals surface area contributed by atoms with Crippen LogP contribution in [0.2, 0.25) is 0 Å². The molecule has 0 aromatic carbocycles. The molecule has 0 amide bonds. The molecule has 16 nitrogen and oxygen atoms in total. The van der Waals surface area contributed by atoms with Gasteiger partial charge in [0.2, 0.25) is 0 Å². The van der Waals surface area contributed by atoms with E-state index >= 15 is 0 Å². The summed E-state index contributed by atoms with van der Waals surface area (Å²) in [5.74, 6) is 0. The third kappa shape index (κ3) is 45.8. The third-order valence-electron chi connectivity index (χ3n) is 24.3. The Morgan fingerprint density at radius 3 is 0.558 bits per heavy atom. The van der Waals surface area contributed by atoms with Crippen LogP contribution in [0.25, 0.3) is 0 Å². The minimum Gasteiger partial charge on any atom is -0.374 e. The van der Waals surface area contributed by atoms with Crippen molar-refractivity contribution in [2.45, 2.75) is 477 Å². The Kier molecular flexibility index (Phi) is 33.5. The van der Waals surface area contributed by atoms with Crippen LogP contribution in [0.1, 0.15) is 442 Å². The maximum absolute atomic E-state index is 7.60. The predicted molar refractivity (Wildman–Crippen MR) is 521 cm³/mol. The van der Waals surface area contributed by atoms with E-state index < -0.39 is 207 Å². The highest BCUT2D eigenvalue weighted by molar-refractivity contribution is 5.31. The van der Waals surface area contributed by atoms with Gasteiger partial charge < -0.3 is 75.8 Å². The van der Waals surface area contributed by atoms with E-state index in [9.17, 15) is 0 Å². The summed E-state index contributed by atoms with van der Waals surface area (Å²) in [7, 11) is -15.5. The molecule has 0 aliphatic heterocycles. The first-order valence-electron chi connectivity index (χ1n) is 61.7. The molecule has 0 bridgehead atoms. The molecule has 120 heavy (non-hydrogen) atoms. The summed E-state index contributed by atoms with van der Waals surface area (Å²) in [6.45, 7) is 72.0. The molecule has 0 fully saturated rings. The summed E-state index contributed by atoms with van der Waals surface area (Å²) in [4.78, 5) is 0. The lowest BCUT2D eigenvalue weighted by Gasteiger charge is -2.33. The van der Waals surface area contributed by atoms with Gasteiger partial charge >= 0.3 is 0 Å². The molecule has 0 rings (SSSR count). The lowest BCUT2D eigenvalue weighted by Crippen LogP contribution is -2.32. The van der Waals surface area contributed by atoms with Gasteiger partial charge in [0.05, 0.1) is 128 Å². The molecule has 0 unspecified atom stereocenters. The van der Waals surface area contributed by atoms with Gasteiger partial charge in [-0.05, 0) is 477 Å². The molecule has 0 N–H and O–H groups in total. The Hall–Kier alpha value is -2.72. The van der Waals surface area contributed by atoms with Gasteiger partial charge in [-0.2, -0.15) is 0 Å². The standard InChI is InChI=1S/8C13H26O2/c8*1-9-15-13(6,7)11(3)10(2)12(4,5)14-8/h8*9H2,1-8H3/b8*11-10-/i1D3,8D2,9D2;1D2,8D2,9D2;1D,8D2,9D2;8D2,9D2;1D3,8D3;1D2,8D3;1D,8D3;8D3. The average Bonchev–Trinajstić information content (AvgIpc) is 0.561. The highest BCUT2D eigenvalue weighted by Crippen LogP contribution is 2.38.